The molecule has 0 aromatic heterocycles. The second-order valence-electron chi connectivity index (χ2n) is 9.20. The van der Waals surface area contributed by atoms with Gasteiger partial charge in [-0.3, -0.25) is 0 Å². The minimum absolute atomic E-state index is 0.407. The van der Waals surface area contributed by atoms with Crippen LogP contribution in [0.5, 0.6) is 0 Å². The van der Waals surface area contributed by atoms with Crippen LogP contribution in [0.1, 0.15) is 80.9 Å². The minimum Gasteiger partial charge on any atom is -0.204 e. The summed E-state index contributed by atoms with van der Waals surface area (Å²) in [7, 11) is 0. The summed E-state index contributed by atoms with van der Waals surface area (Å²) < 4.78 is 26.9. The monoisotopic (exact) mass is 430 g/mol. The van der Waals surface area contributed by atoms with Crippen molar-refractivity contribution in [1.82, 2.24) is 0 Å². The lowest BCUT2D eigenvalue weighted by molar-refractivity contribution is 0.384. The van der Waals surface area contributed by atoms with E-state index in [1.807, 2.05) is 18.2 Å². The van der Waals surface area contributed by atoms with Gasteiger partial charge in [0.15, 0.2) is 11.6 Å². The second-order valence-corrected chi connectivity index (χ2v) is 9.20. The third-order valence-electron chi connectivity index (χ3n) is 6.80. The van der Waals surface area contributed by atoms with Gasteiger partial charge in [0.2, 0.25) is 0 Å². The molecule has 2 heteroatoms. The molecule has 1 aliphatic carbocycles. The van der Waals surface area contributed by atoms with E-state index >= 15 is 0 Å². The molecule has 0 heterocycles. The second kappa shape index (κ2) is 10.8. The summed E-state index contributed by atoms with van der Waals surface area (Å²) >= 11 is 0. The van der Waals surface area contributed by atoms with Crippen LogP contribution in [0.25, 0.3) is 10.8 Å². The van der Waals surface area contributed by atoms with E-state index in [9.17, 15) is 8.78 Å². The Balaban J connectivity index is 1.31. The molecule has 0 aliphatic heterocycles. The van der Waals surface area contributed by atoms with Gasteiger partial charge >= 0.3 is 0 Å². The van der Waals surface area contributed by atoms with Crippen molar-refractivity contribution < 1.29 is 8.78 Å². The van der Waals surface area contributed by atoms with Crippen LogP contribution in [-0.4, -0.2) is 0 Å². The SMILES string of the molecule is CCCCCCc1ccc(C2CCC(C#Cc3ccc4cc(F)c(F)cc4c3)CC2)cc1. The Morgan fingerprint density at radius 3 is 2.22 bits per heavy atom. The van der Waals surface area contributed by atoms with Crippen LogP contribution in [0.3, 0.4) is 0 Å². The molecule has 1 fully saturated rings. The van der Waals surface area contributed by atoms with Gasteiger partial charge in [-0.15, -0.1) is 0 Å². The standard InChI is InChI=1S/C30H32F2/c1-2-3-4-5-6-22-9-14-25(15-10-22)26-16-11-23(12-17-26)7-8-24-13-18-27-20-29(31)30(32)21-28(27)19-24/h9-10,13-15,18-21,23,26H,2-6,11-12,16-17H2,1H3. The molecule has 0 spiro atoms. The third-order valence-corrected chi connectivity index (χ3v) is 6.80. The van der Waals surface area contributed by atoms with Gasteiger partial charge < -0.3 is 0 Å². The smallest absolute Gasteiger partial charge is 0.159 e. The molecular weight excluding hydrogens is 398 g/mol. The number of aryl methyl sites for hydroxylation is 1. The van der Waals surface area contributed by atoms with Crippen molar-refractivity contribution >= 4 is 10.8 Å². The average molecular weight is 431 g/mol. The molecule has 1 saturated carbocycles. The lowest BCUT2D eigenvalue weighted by Gasteiger charge is -2.26. The van der Waals surface area contributed by atoms with Crippen LogP contribution in [0.15, 0.2) is 54.6 Å². The molecule has 1 aliphatic rings. The van der Waals surface area contributed by atoms with E-state index in [4.69, 9.17) is 0 Å². The van der Waals surface area contributed by atoms with Crippen molar-refractivity contribution in [2.75, 3.05) is 0 Å². The molecule has 0 nitrogen and oxygen atoms in total. The fraction of sp³-hybridized carbons (Fsp3) is 0.400. The Kier molecular flexibility index (Phi) is 7.59. The normalized spacial score (nSPS) is 18.3. The van der Waals surface area contributed by atoms with E-state index in [1.54, 1.807) is 0 Å². The molecule has 3 aromatic rings. The van der Waals surface area contributed by atoms with Gasteiger partial charge in [0.25, 0.3) is 0 Å². The van der Waals surface area contributed by atoms with Crippen LogP contribution in [0.2, 0.25) is 0 Å². The lowest BCUT2D eigenvalue weighted by Crippen LogP contribution is -2.12. The van der Waals surface area contributed by atoms with Gasteiger partial charge in [-0.2, -0.15) is 0 Å². The molecule has 0 amide bonds. The average Bonchev–Trinajstić information content (AvgIpc) is 2.82. The van der Waals surface area contributed by atoms with E-state index in [2.05, 4.69) is 43.0 Å². The zero-order chi connectivity index (χ0) is 22.3. The van der Waals surface area contributed by atoms with Gasteiger partial charge in [-0.05, 0) is 90.6 Å². The molecule has 0 unspecified atom stereocenters. The molecule has 0 radical (unpaired) electrons. The first-order valence-electron chi connectivity index (χ1n) is 12.1. The maximum Gasteiger partial charge on any atom is 0.159 e. The summed E-state index contributed by atoms with van der Waals surface area (Å²) in [5, 5.41) is 1.38. The van der Waals surface area contributed by atoms with Crippen LogP contribution in [0, 0.1) is 29.4 Å². The summed E-state index contributed by atoms with van der Waals surface area (Å²) in [6, 6.07) is 17.4. The number of unbranched alkanes of at least 4 members (excludes halogenated alkanes) is 3. The van der Waals surface area contributed by atoms with Gasteiger partial charge in [-0.25, -0.2) is 8.78 Å². The Morgan fingerprint density at radius 1 is 0.781 bits per heavy atom. The van der Waals surface area contributed by atoms with E-state index in [1.165, 1.54) is 68.2 Å². The van der Waals surface area contributed by atoms with Crippen LogP contribution in [0.4, 0.5) is 8.78 Å². The highest BCUT2D eigenvalue weighted by Gasteiger charge is 2.21. The predicted octanol–water partition coefficient (Wildman–Crippen LogP) is 8.57. The van der Waals surface area contributed by atoms with E-state index in [0.29, 0.717) is 22.6 Å². The Labute approximate surface area is 191 Å². The molecule has 166 valence electrons. The van der Waals surface area contributed by atoms with Crippen LogP contribution in [-0.2, 0) is 6.42 Å². The minimum atomic E-state index is -0.814. The number of fused-ring (bicyclic) bond motifs is 1. The molecule has 32 heavy (non-hydrogen) atoms. The van der Waals surface area contributed by atoms with Crippen LogP contribution >= 0.6 is 0 Å². The van der Waals surface area contributed by atoms with Gasteiger partial charge in [0.1, 0.15) is 0 Å². The summed E-state index contributed by atoms with van der Waals surface area (Å²) in [4.78, 5) is 0. The van der Waals surface area contributed by atoms with Crippen molar-refractivity contribution in [2.24, 2.45) is 5.92 Å². The molecule has 0 bridgehead atoms. The Bertz CT molecular complexity index is 1090. The Morgan fingerprint density at radius 2 is 1.50 bits per heavy atom. The molecule has 3 aromatic carbocycles. The predicted molar refractivity (Wildman–Crippen MR) is 130 cm³/mol. The highest BCUT2D eigenvalue weighted by Crippen LogP contribution is 2.35. The molecule has 0 atom stereocenters. The van der Waals surface area contributed by atoms with Gasteiger partial charge in [0.05, 0.1) is 0 Å². The van der Waals surface area contributed by atoms with E-state index in [-0.39, 0.29) is 0 Å². The third kappa shape index (κ3) is 5.77. The highest BCUT2D eigenvalue weighted by molar-refractivity contribution is 5.84. The zero-order valence-electron chi connectivity index (χ0n) is 19.0. The first kappa shape index (κ1) is 22.5. The van der Waals surface area contributed by atoms with Crippen molar-refractivity contribution in [3.8, 4) is 11.8 Å². The quantitative estimate of drug-likeness (QED) is 0.271. The number of hydrogen-bond donors (Lipinski definition) is 0. The number of benzene rings is 3. The summed E-state index contributed by atoms with van der Waals surface area (Å²) in [5.74, 6) is 6.11. The van der Waals surface area contributed by atoms with Crippen molar-refractivity contribution in [3.05, 3.63) is 82.9 Å². The first-order chi connectivity index (χ1) is 15.6. The summed E-state index contributed by atoms with van der Waals surface area (Å²) in [6.07, 6.45) is 11.0. The summed E-state index contributed by atoms with van der Waals surface area (Å²) in [5.41, 5.74) is 3.79. The van der Waals surface area contributed by atoms with Gasteiger partial charge in [-0.1, -0.05) is 68.4 Å². The number of hydrogen-bond acceptors (Lipinski definition) is 0. The van der Waals surface area contributed by atoms with E-state index < -0.39 is 11.6 Å². The van der Waals surface area contributed by atoms with E-state index in [0.717, 1.165) is 18.4 Å². The Hall–Kier alpha value is -2.66. The number of rotatable bonds is 6. The molecule has 0 N–H and O–H groups in total. The van der Waals surface area contributed by atoms with Crippen molar-refractivity contribution in [1.29, 1.82) is 0 Å². The largest absolute Gasteiger partial charge is 0.204 e. The van der Waals surface area contributed by atoms with Crippen molar-refractivity contribution in [2.45, 2.75) is 70.6 Å². The maximum absolute atomic E-state index is 13.5. The molecule has 0 saturated heterocycles. The zero-order valence-corrected chi connectivity index (χ0v) is 19.0. The summed E-state index contributed by atoms with van der Waals surface area (Å²) in [6.45, 7) is 2.25. The van der Waals surface area contributed by atoms with Crippen LogP contribution < -0.4 is 0 Å². The topological polar surface area (TPSA) is 0 Å². The van der Waals surface area contributed by atoms with Crippen molar-refractivity contribution in [3.63, 3.8) is 0 Å². The first-order valence-corrected chi connectivity index (χ1v) is 12.1. The highest BCUT2D eigenvalue weighted by atomic mass is 19.2. The fourth-order valence-corrected chi connectivity index (χ4v) is 4.79. The molecular formula is C30H32F2. The fourth-order valence-electron chi connectivity index (χ4n) is 4.79. The maximum atomic E-state index is 13.5. The number of halogens is 2. The molecule has 4 rings (SSSR count). The van der Waals surface area contributed by atoms with Gasteiger partial charge in [0, 0.05) is 11.5 Å². The lowest BCUT2D eigenvalue weighted by atomic mass is 9.78.